The van der Waals surface area contributed by atoms with E-state index in [-0.39, 0.29) is 4.90 Å². The molecule has 7 heteroatoms. The molecule has 1 N–H and O–H groups in total. The summed E-state index contributed by atoms with van der Waals surface area (Å²) in [5, 5.41) is 0. The maximum absolute atomic E-state index is 12.3. The van der Waals surface area contributed by atoms with Crippen LogP contribution >= 0.6 is 31.9 Å². The Morgan fingerprint density at radius 1 is 1.05 bits per heavy atom. The highest BCUT2D eigenvalue weighted by atomic mass is 79.9. The predicted octanol–water partition coefficient (Wildman–Crippen LogP) is 4.02. The van der Waals surface area contributed by atoms with Gasteiger partial charge in [0.05, 0.1) is 4.90 Å². The van der Waals surface area contributed by atoms with Crippen molar-refractivity contribution in [3.05, 3.63) is 50.5 Å². The van der Waals surface area contributed by atoms with Crippen LogP contribution in [0.3, 0.4) is 0 Å². The van der Waals surface area contributed by atoms with Gasteiger partial charge in [0.1, 0.15) is 5.82 Å². The first kappa shape index (κ1) is 15.5. The van der Waals surface area contributed by atoms with Crippen LogP contribution in [0.1, 0.15) is 11.1 Å². The van der Waals surface area contributed by atoms with E-state index in [0.29, 0.717) is 5.82 Å². The number of halogens is 2. The highest BCUT2D eigenvalue weighted by Gasteiger charge is 2.16. The van der Waals surface area contributed by atoms with Crippen molar-refractivity contribution in [3.8, 4) is 0 Å². The van der Waals surface area contributed by atoms with Crippen molar-refractivity contribution < 1.29 is 8.42 Å². The molecule has 0 unspecified atom stereocenters. The maximum atomic E-state index is 12.3. The van der Waals surface area contributed by atoms with E-state index in [9.17, 15) is 8.42 Å². The number of nitrogens with zero attached hydrogens (tertiary/aromatic N) is 1. The van der Waals surface area contributed by atoms with Gasteiger partial charge in [-0.2, -0.15) is 0 Å². The molecule has 2 rings (SSSR count). The Hall–Kier alpha value is -0.920. The molecule has 0 radical (unpaired) electrons. The van der Waals surface area contributed by atoms with Gasteiger partial charge in [-0.3, -0.25) is 4.72 Å². The normalized spacial score (nSPS) is 11.4. The average molecular weight is 420 g/mol. The lowest BCUT2D eigenvalue weighted by molar-refractivity contribution is 0.601. The zero-order chi connectivity index (χ0) is 14.9. The Kier molecular flexibility index (Phi) is 4.51. The maximum Gasteiger partial charge on any atom is 0.263 e. The van der Waals surface area contributed by atoms with Gasteiger partial charge >= 0.3 is 0 Å². The fourth-order valence-corrected chi connectivity index (χ4v) is 3.12. The molecule has 0 amide bonds. The third kappa shape index (κ3) is 3.39. The fourth-order valence-electron chi connectivity index (χ4n) is 1.58. The molecule has 0 fully saturated rings. The number of sulfonamides is 1. The molecule has 0 spiro atoms. The molecule has 106 valence electrons. The summed E-state index contributed by atoms with van der Waals surface area (Å²) >= 11 is 6.67. The van der Waals surface area contributed by atoms with Gasteiger partial charge in [-0.15, -0.1) is 0 Å². The van der Waals surface area contributed by atoms with Gasteiger partial charge in [-0.05, 0) is 65.2 Å². The number of aryl methyl sites for hydroxylation is 2. The van der Waals surface area contributed by atoms with E-state index in [4.69, 9.17) is 0 Å². The van der Waals surface area contributed by atoms with Crippen LogP contribution in [0.25, 0.3) is 0 Å². The zero-order valence-corrected chi connectivity index (χ0v) is 14.8. The number of nitrogens with one attached hydrogen (secondary N) is 1. The van der Waals surface area contributed by atoms with Crippen LogP contribution in [0, 0.1) is 13.8 Å². The van der Waals surface area contributed by atoms with E-state index in [0.717, 1.165) is 20.1 Å². The first-order valence-corrected chi connectivity index (χ1v) is 8.77. The van der Waals surface area contributed by atoms with Crippen molar-refractivity contribution >= 4 is 47.7 Å². The number of hydrogen-bond acceptors (Lipinski definition) is 3. The molecular weight excluding hydrogens is 408 g/mol. The van der Waals surface area contributed by atoms with Crippen LogP contribution in [0.15, 0.2) is 44.3 Å². The fraction of sp³-hybridized carbons (Fsp3) is 0.154. The second-order valence-electron chi connectivity index (χ2n) is 4.34. The molecule has 20 heavy (non-hydrogen) atoms. The van der Waals surface area contributed by atoms with Gasteiger partial charge in [-0.1, -0.05) is 15.9 Å². The van der Waals surface area contributed by atoms with E-state index in [1.165, 1.54) is 0 Å². The van der Waals surface area contributed by atoms with Crippen LogP contribution in [0.2, 0.25) is 0 Å². The summed E-state index contributed by atoms with van der Waals surface area (Å²) in [5.41, 5.74) is 1.76. The monoisotopic (exact) mass is 418 g/mol. The molecule has 0 saturated carbocycles. The second-order valence-corrected chi connectivity index (χ2v) is 7.73. The Balaban J connectivity index is 2.35. The topological polar surface area (TPSA) is 59.1 Å². The van der Waals surface area contributed by atoms with Crippen LogP contribution in [0.5, 0.6) is 0 Å². The smallest absolute Gasteiger partial charge is 0.263 e. The number of anilines is 1. The molecular formula is C13H12Br2N2O2S. The molecule has 0 aliphatic carbocycles. The van der Waals surface area contributed by atoms with Crippen LogP contribution in [-0.2, 0) is 10.0 Å². The standard InChI is InChI=1S/C13H12Br2N2O2S/c1-8-5-10(3-4-11(8)14)20(18,19)17-13-6-9(2)12(15)7-16-13/h3-7H,1-2H3,(H,16,17). The quantitative estimate of drug-likeness (QED) is 0.816. The van der Waals surface area contributed by atoms with Crippen molar-refractivity contribution in [3.63, 3.8) is 0 Å². The van der Waals surface area contributed by atoms with E-state index >= 15 is 0 Å². The average Bonchev–Trinajstić information content (AvgIpc) is 2.37. The number of rotatable bonds is 3. The number of benzene rings is 1. The highest BCUT2D eigenvalue weighted by Crippen LogP contribution is 2.23. The van der Waals surface area contributed by atoms with Gasteiger partial charge in [0.25, 0.3) is 10.0 Å². The molecule has 0 atom stereocenters. The predicted molar refractivity (Wildman–Crippen MR) is 86.4 cm³/mol. The summed E-state index contributed by atoms with van der Waals surface area (Å²) in [6, 6.07) is 6.54. The number of hydrogen-bond donors (Lipinski definition) is 1. The Morgan fingerprint density at radius 2 is 1.70 bits per heavy atom. The Morgan fingerprint density at radius 3 is 2.30 bits per heavy atom. The highest BCUT2D eigenvalue weighted by molar-refractivity contribution is 9.10. The van der Waals surface area contributed by atoms with Crippen molar-refractivity contribution in [1.82, 2.24) is 4.98 Å². The first-order valence-electron chi connectivity index (χ1n) is 5.71. The van der Waals surface area contributed by atoms with E-state index in [2.05, 4.69) is 41.6 Å². The summed E-state index contributed by atoms with van der Waals surface area (Å²) in [5.74, 6) is 0.297. The van der Waals surface area contributed by atoms with Crippen molar-refractivity contribution in [2.45, 2.75) is 18.7 Å². The summed E-state index contributed by atoms with van der Waals surface area (Å²) in [6.07, 6.45) is 1.57. The zero-order valence-electron chi connectivity index (χ0n) is 10.8. The van der Waals surface area contributed by atoms with Gasteiger partial charge in [0.15, 0.2) is 0 Å². The van der Waals surface area contributed by atoms with Crippen LogP contribution in [-0.4, -0.2) is 13.4 Å². The SMILES string of the molecule is Cc1cc(S(=O)(=O)Nc2cc(C)c(Br)cn2)ccc1Br. The second kappa shape index (κ2) is 5.83. The lowest BCUT2D eigenvalue weighted by atomic mass is 10.2. The Bertz CT molecular complexity index is 761. The molecule has 4 nitrogen and oxygen atoms in total. The van der Waals surface area contributed by atoms with Gasteiger partial charge in [0, 0.05) is 15.1 Å². The molecule has 0 saturated heterocycles. The summed E-state index contributed by atoms with van der Waals surface area (Å²) in [7, 11) is -3.63. The van der Waals surface area contributed by atoms with Crippen molar-refractivity contribution in [1.29, 1.82) is 0 Å². The van der Waals surface area contributed by atoms with Crippen molar-refractivity contribution in [2.75, 3.05) is 4.72 Å². The summed E-state index contributed by atoms with van der Waals surface area (Å²) < 4.78 is 28.7. The summed E-state index contributed by atoms with van der Waals surface area (Å²) in [6.45, 7) is 3.71. The molecule has 0 aliphatic heterocycles. The van der Waals surface area contributed by atoms with E-state index < -0.39 is 10.0 Å². The molecule has 1 heterocycles. The minimum atomic E-state index is -3.63. The van der Waals surface area contributed by atoms with Gasteiger partial charge in [-0.25, -0.2) is 13.4 Å². The Labute approximate surface area is 134 Å². The lowest BCUT2D eigenvalue weighted by Crippen LogP contribution is -2.14. The van der Waals surface area contributed by atoms with Gasteiger partial charge < -0.3 is 0 Å². The van der Waals surface area contributed by atoms with E-state index in [1.54, 1.807) is 30.5 Å². The third-order valence-corrected chi connectivity index (χ3v) is 5.80. The minimum Gasteiger partial charge on any atom is -0.263 e. The molecule has 0 bridgehead atoms. The number of pyridine rings is 1. The largest absolute Gasteiger partial charge is 0.263 e. The molecule has 1 aromatic heterocycles. The van der Waals surface area contributed by atoms with Crippen LogP contribution < -0.4 is 4.72 Å². The first-order chi connectivity index (χ1) is 9.29. The van der Waals surface area contributed by atoms with Crippen LogP contribution in [0.4, 0.5) is 5.82 Å². The molecule has 0 aliphatic rings. The van der Waals surface area contributed by atoms with Gasteiger partial charge in [0.2, 0.25) is 0 Å². The lowest BCUT2D eigenvalue weighted by Gasteiger charge is -2.09. The minimum absolute atomic E-state index is 0.209. The molecule has 1 aromatic carbocycles. The summed E-state index contributed by atoms with van der Waals surface area (Å²) in [4.78, 5) is 4.25. The molecule has 2 aromatic rings. The number of aromatic nitrogens is 1. The van der Waals surface area contributed by atoms with E-state index in [1.807, 2.05) is 13.8 Å². The van der Waals surface area contributed by atoms with Crippen molar-refractivity contribution in [2.24, 2.45) is 0 Å². The third-order valence-electron chi connectivity index (χ3n) is 2.73.